The summed E-state index contributed by atoms with van der Waals surface area (Å²) in [4.78, 5) is 26.4. The Morgan fingerprint density at radius 2 is 1.57 bits per heavy atom. The van der Waals surface area contributed by atoms with Crippen molar-refractivity contribution in [3.63, 3.8) is 0 Å². The van der Waals surface area contributed by atoms with Gasteiger partial charge in [0.15, 0.2) is 11.5 Å². The van der Waals surface area contributed by atoms with Crippen molar-refractivity contribution in [1.82, 2.24) is 15.8 Å². The van der Waals surface area contributed by atoms with E-state index in [-0.39, 0.29) is 18.0 Å². The van der Waals surface area contributed by atoms with E-state index in [0.29, 0.717) is 23.8 Å². The van der Waals surface area contributed by atoms with Crippen molar-refractivity contribution in [3.8, 4) is 23.0 Å². The molecule has 2 N–H and O–H groups in total. The van der Waals surface area contributed by atoms with Gasteiger partial charge in [0.25, 0.3) is 11.8 Å². The van der Waals surface area contributed by atoms with Crippen LogP contribution in [0.5, 0.6) is 23.0 Å². The molecule has 2 aromatic carbocycles. The molecule has 2 amide bonds. The molecular weight excluding hydrogens is 390 g/mol. The van der Waals surface area contributed by atoms with E-state index in [4.69, 9.17) is 18.9 Å². The maximum Gasteiger partial charge on any atom is 0.269 e. The average molecular weight is 417 g/mol. The molecule has 0 spiro atoms. The zero-order chi connectivity index (χ0) is 22.1. The summed E-state index contributed by atoms with van der Waals surface area (Å²) in [6.45, 7) is 0.637. The number of carbonyl (C=O) groups excluding carboxylic acids is 2. The number of carbonyl (C=O) groups is 2. The van der Waals surface area contributed by atoms with Gasteiger partial charge in [0.2, 0.25) is 5.75 Å². The van der Waals surface area contributed by atoms with Crippen molar-refractivity contribution < 1.29 is 28.5 Å². The summed E-state index contributed by atoms with van der Waals surface area (Å²) in [5, 5.41) is 0. The maximum absolute atomic E-state index is 12.4. The van der Waals surface area contributed by atoms with E-state index in [9.17, 15) is 9.59 Å². The normalized spacial score (nSPS) is 10.3. The van der Waals surface area contributed by atoms with E-state index >= 15 is 0 Å². The third-order valence-electron chi connectivity index (χ3n) is 4.24. The van der Waals surface area contributed by atoms with Crippen LogP contribution < -0.4 is 29.8 Å². The number of methoxy groups -OCH3 is 4. The largest absolute Gasteiger partial charge is 0.497 e. The summed E-state index contributed by atoms with van der Waals surface area (Å²) in [5.74, 6) is 0.930. The minimum absolute atomic E-state index is 0.0900. The molecule has 162 valence electrons. The lowest BCUT2D eigenvalue weighted by Gasteiger charge is -2.17. The molecule has 0 aromatic heterocycles. The number of benzene rings is 2. The first-order valence-electron chi connectivity index (χ1n) is 9.12. The highest BCUT2D eigenvalue weighted by molar-refractivity contribution is 5.96. The third kappa shape index (κ3) is 6.02. The average Bonchev–Trinajstić information content (AvgIpc) is 2.76. The van der Waals surface area contributed by atoms with E-state index in [1.807, 2.05) is 29.2 Å². The quantitative estimate of drug-likeness (QED) is 0.598. The first kappa shape index (κ1) is 22.8. The number of amides is 2. The van der Waals surface area contributed by atoms with Gasteiger partial charge in [0.05, 0.1) is 35.0 Å². The van der Waals surface area contributed by atoms with Gasteiger partial charge in [-0.1, -0.05) is 12.1 Å². The van der Waals surface area contributed by atoms with Crippen LogP contribution in [0.2, 0.25) is 0 Å². The van der Waals surface area contributed by atoms with E-state index in [1.54, 1.807) is 14.2 Å². The summed E-state index contributed by atoms with van der Waals surface area (Å²) < 4.78 is 20.9. The molecule has 0 saturated carbocycles. The molecule has 0 aliphatic heterocycles. The molecule has 0 radical (unpaired) electrons. The first-order valence-corrected chi connectivity index (χ1v) is 9.12. The van der Waals surface area contributed by atoms with Crippen LogP contribution in [0, 0.1) is 0 Å². The van der Waals surface area contributed by atoms with Crippen LogP contribution in [-0.4, -0.2) is 58.7 Å². The van der Waals surface area contributed by atoms with Gasteiger partial charge in [-0.2, -0.15) is 0 Å². The van der Waals surface area contributed by atoms with Gasteiger partial charge in [0.1, 0.15) is 5.75 Å². The van der Waals surface area contributed by atoms with Gasteiger partial charge in [-0.15, -0.1) is 0 Å². The molecule has 0 fully saturated rings. The van der Waals surface area contributed by atoms with Gasteiger partial charge < -0.3 is 18.9 Å². The van der Waals surface area contributed by atoms with Crippen LogP contribution in [0.1, 0.15) is 15.9 Å². The fourth-order valence-corrected chi connectivity index (χ4v) is 2.83. The highest BCUT2D eigenvalue weighted by Crippen LogP contribution is 2.38. The second-order valence-electron chi connectivity index (χ2n) is 6.44. The van der Waals surface area contributed by atoms with Crippen molar-refractivity contribution in [2.45, 2.75) is 6.54 Å². The minimum Gasteiger partial charge on any atom is -0.497 e. The van der Waals surface area contributed by atoms with Crippen molar-refractivity contribution in [1.29, 1.82) is 0 Å². The molecule has 2 rings (SSSR count). The maximum atomic E-state index is 12.4. The zero-order valence-electron chi connectivity index (χ0n) is 17.8. The third-order valence-corrected chi connectivity index (χ3v) is 4.24. The minimum atomic E-state index is -0.516. The number of rotatable bonds is 9. The number of ether oxygens (including phenoxy) is 4. The number of hydrogen-bond donors (Lipinski definition) is 2. The number of likely N-dealkylation sites (N-methyl/N-ethyl adjacent to an activating group) is 1. The number of nitrogens with zero attached hydrogens (tertiary/aromatic N) is 1. The lowest BCUT2D eigenvalue weighted by atomic mass is 10.1. The van der Waals surface area contributed by atoms with Crippen molar-refractivity contribution in [3.05, 3.63) is 47.5 Å². The number of hydrogen-bond acceptors (Lipinski definition) is 7. The van der Waals surface area contributed by atoms with Gasteiger partial charge in [-0.25, -0.2) is 0 Å². The van der Waals surface area contributed by atoms with Crippen molar-refractivity contribution in [2.75, 3.05) is 42.0 Å². The van der Waals surface area contributed by atoms with E-state index in [2.05, 4.69) is 10.9 Å². The Morgan fingerprint density at radius 3 is 2.13 bits per heavy atom. The summed E-state index contributed by atoms with van der Waals surface area (Å²) in [7, 11) is 7.80. The Labute approximate surface area is 175 Å². The van der Waals surface area contributed by atoms with Crippen LogP contribution in [0.4, 0.5) is 0 Å². The van der Waals surface area contributed by atoms with Crippen LogP contribution in [-0.2, 0) is 11.3 Å². The van der Waals surface area contributed by atoms with Crippen LogP contribution in [0.15, 0.2) is 36.4 Å². The molecule has 0 atom stereocenters. The molecular formula is C21H27N3O6. The number of nitrogens with one attached hydrogen (secondary N) is 2. The highest BCUT2D eigenvalue weighted by atomic mass is 16.5. The lowest BCUT2D eigenvalue weighted by Crippen LogP contribution is -2.45. The van der Waals surface area contributed by atoms with E-state index < -0.39 is 5.91 Å². The van der Waals surface area contributed by atoms with Crippen LogP contribution >= 0.6 is 0 Å². The van der Waals surface area contributed by atoms with Crippen molar-refractivity contribution in [2.24, 2.45) is 0 Å². The van der Waals surface area contributed by atoms with Gasteiger partial charge in [-0.3, -0.25) is 25.3 Å². The molecule has 0 aliphatic rings. The standard InChI is InChI=1S/C21H27N3O6/c1-24(12-14-7-6-8-16(9-14)27-2)13-19(25)22-23-21(26)15-10-17(28-3)20(30-5)18(11-15)29-4/h6-11H,12-13H2,1-5H3,(H,22,25)(H,23,26). The fourth-order valence-electron chi connectivity index (χ4n) is 2.83. The SMILES string of the molecule is COc1cccc(CN(C)CC(=O)NNC(=O)c2cc(OC)c(OC)c(OC)c2)c1. The van der Waals surface area contributed by atoms with Gasteiger partial charge in [-0.05, 0) is 36.9 Å². The first-order chi connectivity index (χ1) is 14.4. The van der Waals surface area contributed by atoms with E-state index in [1.165, 1.54) is 33.5 Å². The number of hydrazine groups is 1. The van der Waals surface area contributed by atoms with Crippen molar-refractivity contribution >= 4 is 11.8 Å². The second kappa shape index (κ2) is 10.9. The molecule has 2 aromatic rings. The van der Waals surface area contributed by atoms with Crippen LogP contribution in [0.25, 0.3) is 0 Å². The summed E-state index contributed by atoms with van der Waals surface area (Å²) in [5.41, 5.74) is 6.05. The molecule has 0 bridgehead atoms. The Kier molecular flexibility index (Phi) is 8.30. The predicted molar refractivity (Wildman–Crippen MR) is 111 cm³/mol. The smallest absolute Gasteiger partial charge is 0.269 e. The molecule has 30 heavy (non-hydrogen) atoms. The Morgan fingerprint density at radius 1 is 0.900 bits per heavy atom. The summed E-state index contributed by atoms with van der Waals surface area (Å²) in [6.07, 6.45) is 0. The second-order valence-corrected chi connectivity index (χ2v) is 6.44. The monoisotopic (exact) mass is 417 g/mol. The van der Waals surface area contributed by atoms with Gasteiger partial charge >= 0.3 is 0 Å². The van der Waals surface area contributed by atoms with Gasteiger partial charge in [0, 0.05) is 12.1 Å². The molecule has 0 unspecified atom stereocenters. The lowest BCUT2D eigenvalue weighted by molar-refractivity contribution is -0.122. The Hall–Kier alpha value is -3.46. The molecule has 0 saturated heterocycles. The summed E-state index contributed by atoms with van der Waals surface area (Å²) in [6, 6.07) is 10.6. The Balaban J connectivity index is 1.93. The summed E-state index contributed by atoms with van der Waals surface area (Å²) >= 11 is 0. The highest BCUT2D eigenvalue weighted by Gasteiger charge is 2.17. The zero-order valence-corrected chi connectivity index (χ0v) is 17.8. The van der Waals surface area contributed by atoms with E-state index in [0.717, 1.165) is 11.3 Å². The molecule has 9 heteroatoms. The molecule has 0 aliphatic carbocycles. The molecule has 0 heterocycles. The Bertz CT molecular complexity index is 862. The fraction of sp³-hybridized carbons (Fsp3) is 0.333. The van der Waals surface area contributed by atoms with Crippen LogP contribution in [0.3, 0.4) is 0 Å². The topological polar surface area (TPSA) is 98.4 Å². The predicted octanol–water partition coefficient (Wildman–Crippen LogP) is 1.61. The molecule has 9 nitrogen and oxygen atoms in total.